The highest BCUT2D eigenvalue weighted by molar-refractivity contribution is 5.87. The summed E-state index contributed by atoms with van der Waals surface area (Å²) in [4.78, 5) is 39.9. The van der Waals surface area contributed by atoms with E-state index in [1.807, 2.05) is 36.4 Å². The SMILES string of the molecule is C=C(C)C(=O)O.C=C(C)C(=O)OC.C=CC(=O)NCO.C=CC(=O)OCC.C=Cc1ccccc1. The summed E-state index contributed by atoms with van der Waals surface area (Å²) in [6, 6.07) is 10.0. The maximum atomic E-state index is 10.2. The number of carboxylic acid groups (broad SMARTS) is 1. The zero-order valence-corrected chi connectivity index (χ0v) is 20.9. The second kappa shape index (κ2) is 27.8. The Morgan fingerprint density at radius 2 is 1.46 bits per heavy atom. The summed E-state index contributed by atoms with van der Waals surface area (Å²) in [6.07, 6.45) is 4.07. The molecule has 194 valence electrons. The largest absolute Gasteiger partial charge is 0.478 e. The molecular weight excluding hydrogens is 454 g/mol. The first kappa shape index (κ1) is 38.0. The first-order chi connectivity index (χ1) is 16.4. The maximum absolute atomic E-state index is 10.2. The molecule has 0 spiro atoms. The highest BCUT2D eigenvalue weighted by Crippen LogP contribution is 1.97. The molecule has 0 aliphatic carbocycles. The van der Waals surface area contributed by atoms with Crippen LogP contribution in [0.2, 0.25) is 0 Å². The van der Waals surface area contributed by atoms with Crippen molar-refractivity contribution in [3.05, 3.63) is 92.1 Å². The van der Waals surface area contributed by atoms with Crippen molar-refractivity contribution in [3.8, 4) is 0 Å². The molecule has 0 saturated carbocycles. The van der Waals surface area contributed by atoms with Crippen molar-refractivity contribution in [3.63, 3.8) is 0 Å². The summed E-state index contributed by atoms with van der Waals surface area (Å²) < 4.78 is 8.71. The molecule has 0 aliphatic heterocycles. The first-order valence-corrected chi connectivity index (χ1v) is 9.98. The Morgan fingerprint density at radius 1 is 0.971 bits per heavy atom. The Bertz CT molecular complexity index is 777. The van der Waals surface area contributed by atoms with Gasteiger partial charge in [0.2, 0.25) is 5.91 Å². The summed E-state index contributed by atoms with van der Waals surface area (Å²) in [6.45, 7) is 21.4. The quantitative estimate of drug-likeness (QED) is 0.298. The number of amides is 1. The van der Waals surface area contributed by atoms with E-state index >= 15 is 0 Å². The van der Waals surface area contributed by atoms with Gasteiger partial charge in [0.25, 0.3) is 0 Å². The summed E-state index contributed by atoms with van der Waals surface area (Å²) >= 11 is 0. The van der Waals surface area contributed by atoms with Gasteiger partial charge in [-0.15, -0.1) is 0 Å². The van der Waals surface area contributed by atoms with E-state index in [1.165, 1.54) is 19.6 Å². The van der Waals surface area contributed by atoms with E-state index in [9.17, 15) is 19.2 Å². The minimum atomic E-state index is -0.935. The third kappa shape index (κ3) is 34.6. The Balaban J connectivity index is -0.000000172. The Hall–Kier alpha value is -4.24. The molecule has 0 unspecified atom stereocenters. The molecule has 3 N–H and O–H groups in total. The third-order valence-corrected chi connectivity index (χ3v) is 2.83. The molecule has 0 atom stereocenters. The second-order valence-electron chi connectivity index (χ2n) is 5.83. The monoisotopic (exact) mass is 491 g/mol. The van der Waals surface area contributed by atoms with Crippen LogP contribution >= 0.6 is 0 Å². The van der Waals surface area contributed by atoms with Gasteiger partial charge in [-0.2, -0.15) is 0 Å². The molecule has 9 nitrogen and oxygen atoms in total. The number of carbonyl (C=O) groups excluding carboxylic acids is 3. The summed E-state index contributed by atoms with van der Waals surface area (Å²) in [7, 11) is 1.33. The first-order valence-electron chi connectivity index (χ1n) is 9.98. The number of aliphatic hydroxyl groups is 1. The fourth-order valence-corrected chi connectivity index (χ4v) is 1.11. The van der Waals surface area contributed by atoms with E-state index in [0.29, 0.717) is 12.2 Å². The average Bonchev–Trinajstić information content (AvgIpc) is 2.85. The van der Waals surface area contributed by atoms with E-state index in [2.05, 4.69) is 47.7 Å². The predicted molar refractivity (Wildman–Crippen MR) is 138 cm³/mol. The van der Waals surface area contributed by atoms with Crippen molar-refractivity contribution in [1.82, 2.24) is 5.32 Å². The topological polar surface area (TPSA) is 139 Å². The third-order valence-electron chi connectivity index (χ3n) is 2.83. The molecule has 0 bridgehead atoms. The van der Waals surface area contributed by atoms with Crippen LogP contribution in [0.3, 0.4) is 0 Å². The van der Waals surface area contributed by atoms with Crippen molar-refractivity contribution in [1.29, 1.82) is 0 Å². The van der Waals surface area contributed by atoms with Gasteiger partial charge in [0.1, 0.15) is 6.73 Å². The van der Waals surface area contributed by atoms with Crippen LogP contribution in [0, 0.1) is 0 Å². The number of aliphatic hydroxyl groups excluding tert-OH is 1. The number of hydrogen-bond acceptors (Lipinski definition) is 7. The van der Waals surface area contributed by atoms with E-state index in [-0.39, 0.29) is 30.1 Å². The molecule has 1 rings (SSSR count). The number of aliphatic carboxylic acids is 1. The minimum absolute atomic E-state index is 0.176. The van der Waals surface area contributed by atoms with Crippen LogP contribution in [0.5, 0.6) is 0 Å². The lowest BCUT2D eigenvalue weighted by atomic mass is 10.2. The molecule has 0 heterocycles. The number of benzene rings is 1. The minimum Gasteiger partial charge on any atom is -0.478 e. The fourth-order valence-electron chi connectivity index (χ4n) is 1.11. The fraction of sp³-hybridized carbons (Fsp3) is 0.231. The Labute approximate surface area is 207 Å². The van der Waals surface area contributed by atoms with Crippen LogP contribution in [0.1, 0.15) is 26.3 Å². The molecule has 0 aromatic heterocycles. The summed E-state index contributed by atoms with van der Waals surface area (Å²) in [5, 5.41) is 18.0. The molecule has 0 radical (unpaired) electrons. The Morgan fingerprint density at radius 3 is 1.60 bits per heavy atom. The normalized spacial score (nSPS) is 7.80. The van der Waals surface area contributed by atoms with Gasteiger partial charge < -0.3 is 25.0 Å². The van der Waals surface area contributed by atoms with Gasteiger partial charge >= 0.3 is 17.9 Å². The molecule has 0 saturated heterocycles. The van der Waals surface area contributed by atoms with Crippen LogP contribution < -0.4 is 5.32 Å². The molecule has 1 aromatic rings. The van der Waals surface area contributed by atoms with Crippen molar-refractivity contribution in [2.45, 2.75) is 20.8 Å². The standard InChI is InChI=1S/C8H8.2C5H8O2.C4H7NO2.C4H6O2/c1-2-8-6-4-3-5-7-8;1-4(2)5(6)7-3;1-3-5(6)7-4-2;1-2-4(7)5-3-6;1-3(2)4(5)6/h2-7H,1H2;1H2,2-3H3;3H,1,4H2,2H3;2,6H,1,3H2,(H,5,7);1H2,2H3,(H,5,6). The van der Waals surface area contributed by atoms with Crippen LogP contribution in [0.4, 0.5) is 0 Å². The van der Waals surface area contributed by atoms with Gasteiger partial charge in [-0.3, -0.25) is 4.79 Å². The highest BCUT2D eigenvalue weighted by Gasteiger charge is 1.95. The average molecular weight is 492 g/mol. The van der Waals surface area contributed by atoms with Crippen molar-refractivity contribution < 1.29 is 38.9 Å². The molecule has 0 fully saturated rings. The summed E-state index contributed by atoms with van der Waals surface area (Å²) in [5.74, 6) is -2.00. The molecule has 35 heavy (non-hydrogen) atoms. The van der Waals surface area contributed by atoms with Crippen LogP contribution in [0.15, 0.2) is 86.5 Å². The number of methoxy groups -OCH3 is 1. The molecule has 1 amide bonds. The zero-order chi connectivity index (χ0) is 28.2. The number of carbonyl (C=O) groups is 4. The van der Waals surface area contributed by atoms with Crippen LogP contribution in [0.25, 0.3) is 6.08 Å². The van der Waals surface area contributed by atoms with Crippen molar-refractivity contribution in [2.75, 3.05) is 20.4 Å². The lowest BCUT2D eigenvalue weighted by Crippen LogP contribution is -2.20. The number of hydrogen-bond donors (Lipinski definition) is 3. The van der Waals surface area contributed by atoms with Crippen molar-refractivity contribution >= 4 is 29.9 Å². The smallest absolute Gasteiger partial charge is 0.332 e. The van der Waals surface area contributed by atoms with Gasteiger partial charge in [0.15, 0.2) is 0 Å². The number of esters is 2. The van der Waals surface area contributed by atoms with E-state index in [4.69, 9.17) is 10.2 Å². The van der Waals surface area contributed by atoms with Crippen LogP contribution in [-0.4, -0.2) is 54.5 Å². The van der Waals surface area contributed by atoms with Gasteiger partial charge in [0.05, 0.1) is 13.7 Å². The van der Waals surface area contributed by atoms with Gasteiger partial charge in [-0.05, 0) is 32.4 Å². The lowest BCUT2D eigenvalue weighted by Gasteiger charge is -1.91. The number of nitrogens with one attached hydrogen (secondary N) is 1. The van der Waals surface area contributed by atoms with Gasteiger partial charge in [-0.1, -0.05) is 69.3 Å². The predicted octanol–water partition coefficient (Wildman–Crippen LogP) is 3.69. The van der Waals surface area contributed by atoms with Gasteiger partial charge in [-0.25, -0.2) is 14.4 Å². The van der Waals surface area contributed by atoms with E-state index < -0.39 is 5.97 Å². The summed E-state index contributed by atoms with van der Waals surface area (Å²) in [5.41, 5.74) is 1.78. The van der Waals surface area contributed by atoms with Crippen LogP contribution in [-0.2, 0) is 28.7 Å². The number of ether oxygens (including phenoxy) is 2. The Kier molecular flexibility index (Phi) is 30.2. The highest BCUT2D eigenvalue weighted by atomic mass is 16.5. The molecule has 1 aromatic carbocycles. The van der Waals surface area contributed by atoms with E-state index in [0.717, 1.165) is 12.2 Å². The maximum Gasteiger partial charge on any atom is 0.332 e. The lowest BCUT2D eigenvalue weighted by molar-refractivity contribution is -0.137. The molecular formula is C26H37NO8. The number of rotatable bonds is 7. The zero-order valence-electron chi connectivity index (χ0n) is 20.9. The van der Waals surface area contributed by atoms with E-state index in [1.54, 1.807) is 13.8 Å². The molecule has 9 heteroatoms. The van der Waals surface area contributed by atoms with Gasteiger partial charge in [0, 0.05) is 17.2 Å². The van der Waals surface area contributed by atoms with Crippen molar-refractivity contribution in [2.24, 2.45) is 0 Å². The number of carboxylic acids is 1. The second-order valence-corrected chi connectivity index (χ2v) is 5.83. The molecule has 0 aliphatic rings.